The number of benzene rings is 1. The molecule has 0 aliphatic carbocycles. The third kappa shape index (κ3) is 1.99. The molecule has 0 spiro atoms. The first-order valence-electron chi connectivity index (χ1n) is 3.62. The number of carbonyl (C=O) groups is 1. The Kier molecular flexibility index (Phi) is 3.72. The van der Waals surface area contributed by atoms with E-state index in [1.54, 1.807) is 6.07 Å². The Morgan fingerprint density at radius 3 is 2.79 bits per heavy atom. The summed E-state index contributed by atoms with van der Waals surface area (Å²) in [7, 11) is 0. The third-order valence-electron chi connectivity index (χ3n) is 1.64. The zero-order valence-electron chi connectivity index (χ0n) is 6.92. The molecule has 1 N–H and O–H groups in total. The number of phenolic OH excluding ortho intramolecular Hbond substituents is 1. The number of Topliss-reactive ketones (excluding diaryl/α,β-unsaturated/α-hetero) is 1. The van der Waals surface area contributed by atoms with Crippen molar-refractivity contribution in [2.24, 2.45) is 0 Å². The molecular formula is C9H5ClINO2. The number of nitriles is 1. The van der Waals surface area contributed by atoms with Crippen LogP contribution in [0.3, 0.4) is 0 Å². The number of ketones is 1. The highest BCUT2D eigenvalue weighted by Crippen LogP contribution is 2.25. The highest BCUT2D eigenvalue weighted by molar-refractivity contribution is 14.1. The van der Waals surface area contributed by atoms with Crippen molar-refractivity contribution in [1.29, 1.82) is 5.26 Å². The van der Waals surface area contributed by atoms with Crippen molar-refractivity contribution < 1.29 is 9.90 Å². The molecule has 1 rings (SSSR count). The Balaban J connectivity index is 3.47. The van der Waals surface area contributed by atoms with Gasteiger partial charge in [0, 0.05) is 3.57 Å². The third-order valence-corrected chi connectivity index (χ3v) is 2.79. The molecule has 5 heteroatoms. The summed E-state index contributed by atoms with van der Waals surface area (Å²) in [5.74, 6) is -0.894. The molecule has 1 aromatic rings. The van der Waals surface area contributed by atoms with Crippen LogP contribution < -0.4 is 0 Å². The molecule has 0 aromatic heterocycles. The highest BCUT2D eigenvalue weighted by Gasteiger charge is 2.17. The van der Waals surface area contributed by atoms with Crippen LogP contribution in [0.5, 0.6) is 5.75 Å². The van der Waals surface area contributed by atoms with Crippen molar-refractivity contribution >= 4 is 40.0 Å². The number of halogens is 2. The Morgan fingerprint density at radius 1 is 1.64 bits per heavy atom. The van der Waals surface area contributed by atoms with Gasteiger partial charge in [0.05, 0.1) is 17.0 Å². The number of carbonyl (C=O) groups excluding carboxylic acids is 1. The molecule has 72 valence electrons. The average molecular weight is 322 g/mol. The summed E-state index contributed by atoms with van der Waals surface area (Å²) in [5.41, 5.74) is 0.186. The Hall–Kier alpha value is -0.800. The lowest BCUT2D eigenvalue weighted by atomic mass is 10.0. The highest BCUT2D eigenvalue weighted by atomic mass is 127. The predicted octanol–water partition coefficient (Wildman–Crippen LogP) is 2.29. The number of aromatic hydroxyl groups is 1. The summed E-state index contributed by atoms with van der Waals surface area (Å²) in [6.07, 6.45) is 0. The topological polar surface area (TPSA) is 61.1 Å². The summed E-state index contributed by atoms with van der Waals surface area (Å²) >= 11 is 7.29. The van der Waals surface area contributed by atoms with Gasteiger partial charge in [0.25, 0.3) is 0 Å². The molecule has 0 radical (unpaired) electrons. The van der Waals surface area contributed by atoms with Gasteiger partial charge in [-0.25, -0.2) is 0 Å². The van der Waals surface area contributed by atoms with E-state index in [0.29, 0.717) is 3.57 Å². The van der Waals surface area contributed by atoms with Crippen molar-refractivity contribution in [1.82, 2.24) is 0 Å². The first-order chi connectivity index (χ1) is 6.61. The summed E-state index contributed by atoms with van der Waals surface area (Å²) in [4.78, 5) is 11.3. The van der Waals surface area contributed by atoms with E-state index in [1.807, 2.05) is 28.7 Å². The fourth-order valence-electron chi connectivity index (χ4n) is 1.02. The van der Waals surface area contributed by atoms with E-state index in [9.17, 15) is 9.90 Å². The maximum absolute atomic E-state index is 11.3. The van der Waals surface area contributed by atoms with E-state index in [-0.39, 0.29) is 22.8 Å². The van der Waals surface area contributed by atoms with Crippen LogP contribution in [0.15, 0.2) is 12.1 Å². The van der Waals surface area contributed by atoms with E-state index in [2.05, 4.69) is 0 Å². The van der Waals surface area contributed by atoms with Gasteiger partial charge in [-0.3, -0.25) is 4.79 Å². The lowest BCUT2D eigenvalue weighted by Gasteiger charge is -2.05. The van der Waals surface area contributed by atoms with Gasteiger partial charge in [-0.15, -0.1) is 11.6 Å². The fourth-order valence-corrected chi connectivity index (χ4v) is 1.73. The molecule has 0 bridgehead atoms. The molecule has 0 aliphatic heterocycles. The maximum Gasteiger partial charge on any atom is 0.182 e. The van der Waals surface area contributed by atoms with Crippen LogP contribution in [-0.2, 0) is 0 Å². The smallest absolute Gasteiger partial charge is 0.182 e. The van der Waals surface area contributed by atoms with Gasteiger partial charge in [-0.2, -0.15) is 5.26 Å². The molecular weight excluding hydrogens is 316 g/mol. The van der Waals surface area contributed by atoms with Crippen LogP contribution >= 0.6 is 34.2 Å². The predicted molar refractivity (Wildman–Crippen MR) is 60.6 cm³/mol. The fraction of sp³-hybridized carbons (Fsp3) is 0.111. The molecule has 0 saturated heterocycles. The summed E-state index contributed by atoms with van der Waals surface area (Å²) in [6.45, 7) is 0. The number of hydrogen-bond donors (Lipinski definition) is 1. The van der Waals surface area contributed by atoms with Crippen molar-refractivity contribution in [3.8, 4) is 11.8 Å². The quantitative estimate of drug-likeness (QED) is 0.516. The lowest BCUT2D eigenvalue weighted by molar-refractivity contribution is 0.101. The number of hydrogen-bond acceptors (Lipinski definition) is 3. The molecule has 0 heterocycles. The normalized spacial score (nSPS) is 9.50. The van der Waals surface area contributed by atoms with Crippen LogP contribution in [0.1, 0.15) is 15.9 Å². The lowest BCUT2D eigenvalue weighted by Crippen LogP contribution is -2.05. The molecule has 14 heavy (non-hydrogen) atoms. The van der Waals surface area contributed by atoms with E-state index in [4.69, 9.17) is 16.9 Å². The molecule has 0 fully saturated rings. The number of rotatable bonds is 2. The molecule has 1 aromatic carbocycles. The van der Waals surface area contributed by atoms with Crippen molar-refractivity contribution in [2.45, 2.75) is 0 Å². The molecule has 0 saturated carbocycles. The Morgan fingerprint density at radius 2 is 2.29 bits per heavy atom. The van der Waals surface area contributed by atoms with Crippen LogP contribution in [-0.4, -0.2) is 16.8 Å². The molecule has 0 unspecified atom stereocenters. The van der Waals surface area contributed by atoms with E-state index < -0.39 is 5.78 Å². The van der Waals surface area contributed by atoms with E-state index in [1.165, 1.54) is 6.07 Å². The summed E-state index contributed by atoms with van der Waals surface area (Å²) in [6, 6.07) is 4.82. The maximum atomic E-state index is 11.3. The van der Waals surface area contributed by atoms with Gasteiger partial charge in [-0.05, 0) is 34.7 Å². The molecule has 0 amide bonds. The second kappa shape index (κ2) is 4.62. The monoisotopic (exact) mass is 321 g/mol. The zero-order valence-corrected chi connectivity index (χ0v) is 9.83. The Labute approximate surface area is 99.4 Å². The number of nitrogens with zero attached hydrogens (tertiary/aromatic N) is 1. The first kappa shape index (κ1) is 11.3. The van der Waals surface area contributed by atoms with Crippen LogP contribution in [0.4, 0.5) is 0 Å². The summed E-state index contributed by atoms with van der Waals surface area (Å²) < 4.78 is 0.622. The van der Waals surface area contributed by atoms with E-state index >= 15 is 0 Å². The van der Waals surface area contributed by atoms with Crippen molar-refractivity contribution in [3.05, 3.63) is 26.8 Å². The average Bonchev–Trinajstić information content (AvgIpc) is 2.19. The van der Waals surface area contributed by atoms with Crippen molar-refractivity contribution in [2.75, 3.05) is 5.88 Å². The van der Waals surface area contributed by atoms with Crippen LogP contribution in [0.25, 0.3) is 0 Å². The SMILES string of the molecule is N#Cc1c(I)ccc(O)c1C(=O)CCl. The minimum Gasteiger partial charge on any atom is -0.507 e. The van der Waals surface area contributed by atoms with Crippen LogP contribution in [0, 0.1) is 14.9 Å². The minimum absolute atomic E-state index is 0.00870. The van der Waals surface area contributed by atoms with Gasteiger partial charge < -0.3 is 5.11 Å². The second-order valence-corrected chi connectivity index (χ2v) is 3.91. The largest absolute Gasteiger partial charge is 0.507 e. The van der Waals surface area contributed by atoms with Gasteiger partial charge in [0.15, 0.2) is 5.78 Å². The standard InChI is InChI=1S/C9H5ClINO2/c10-3-8(14)9-5(4-12)6(11)1-2-7(9)13/h1-2,13H,3H2. The van der Waals surface area contributed by atoms with Crippen molar-refractivity contribution in [3.63, 3.8) is 0 Å². The van der Waals surface area contributed by atoms with Crippen LogP contribution in [0.2, 0.25) is 0 Å². The zero-order chi connectivity index (χ0) is 10.7. The van der Waals surface area contributed by atoms with Gasteiger partial charge in [0.2, 0.25) is 0 Å². The second-order valence-electron chi connectivity index (χ2n) is 2.49. The van der Waals surface area contributed by atoms with Gasteiger partial charge in [-0.1, -0.05) is 0 Å². The van der Waals surface area contributed by atoms with E-state index in [0.717, 1.165) is 0 Å². The first-order valence-corrected chi connectivity index (χ1v) is 5.24. The van der Waals surface area contributed by atoms with Gasteiger partial charge >= 0.3 is 0 Å². The molecule has 0 atom stereocenters. The van der Waals surface area contributed by atoms with Gasteiger partial charge in [0.1, 0.15) is 11.8 Å². The summed E-state index contributed by atoms with van der Waals surface area (Å²) in [5, 5.41) is 18.2. The number of phenols is 1. The number of alkyl halides is 1. The minimum atomic E-state index is -0.445. The Bertz CT molecular complexity index is 426. The molecule has 3 nitrogen and oxygen atoms in total. The molecule has 0 aliphatic rings.